The number of rotatable bonds is 4. The van der Waals surface area contributed by atoms with Crippen LogP contribution in [-0.4, -0.2) is 28.5 Å². The first-order chi connectivity index (χ1) is 12.4. The van der Waals surface area contributed by atoms with E-state index in [0.717, 1.165) is 31.4 Å². The van der Waals surface area contributed by atoms with Crippen LogP contribution in [0.5, 0.6) is 0 Å². The third-order valence-electron chi connectivity index (χ3n) is 3.76. The number of benzene rings is 2. The van der Waals surface area contributed by atoms with Gasteiger partial charge >= 0.3 is 0 Å². The molecule has 0 atom stereocenters. The van der Waals surface area contributed by atoms with Crippen molar-refractivity contribution in [3.05, 3.63) is 68.1 Å². The number of carbonyl (C=O) groups excluding carboxylic acids is 3. The molecule has 0 aliphatic carbocycles. The molecule has 1 aliphatic rings. The number of carbonyl (C=O) groups is 3. The molecule has 1 fully saturated rings. The van der Waals surface area contributed by atoms with Crippen molar-refractivity contribution in [2.45, 2.75) is 6.92 Å². The molecule has 0 aromatic heterocycles. The second-order valence-corrected chi connectivity index (χ2v) is 7.92. The maximum Gasteiger partial charge on any atom is 0.294 e. The van der Waals surface area contributed by atoms with Gasteiger partial charge in [-0.25, -0.2) is 0 Å². The minimum absolute atomic E-state index is 0.303. The summed E-state index contributed by atoms with van der Waals surface area (Å²) in [4.78, 5) is 38.1. The van der Waals surface area contributed by atoms with E-state index in [1.54, 1.807) is 12.1 Å². The molecule has 0 radical (unpaired) electrons. The molecular weight excluding hydrogens is 463 g/mol. The molecule has 0 saturated carbocycles. The van der Waals surface area contributed by atoms with Crippen LogP contribution in [0.4, 0.5) is 10.5 Å². The zero-order chi connectivity index (χ0) is 18.7. The Balaban J connectivity index is 1.70. The number of hydrogen-bond donors (Lipinski definition) is 1. The minimum Gasteiger partial charge on any atom is -0.324 e. The van der Waals surface area contributed by atoms with Gasteiger partial charge in [-0.2, -0.15) is 0 Å². The lowest BCUT2D eigenvalue weighted by Crippen LogP contribution is -2.36. The Morgan fingerprint density at radius 2 is 1.85 bits per heavy atom. The van der Waals surface area contributed by atoms with Crippen molar-refractivity contribution in [2.24, 2.45) is 0 Å². The third kappa shape index (κ3) is 4.34. The Kier molecular flexibility index (Phi) is 5.77. The largest absolute Gasteiger partial charge is 0.324 e. The van der Waals surface area contributed by atoms with E-state index in [4.69, 9.17) is 0 Å². The van der Waals surface area contributed by atoms with E-state index in [9.17, 15) is 14.4 Å². The Labute approximate surface area is 169 Å². The molecule has 1 N–H and O–H groups in total. The van der Waals surface area contributed by atoms with Crippen LogP contribution >= 0.6 is 34.4 Å². The first-order valence-electron chi connectivity index (χ1n) is 7.80. The fraction of sp³-hybridized carbons (Fsp3) is 0.105. The first-order valence-corrected chi connectivity index (χ1v) is 9.70. The summed E-state index contributed by atoms with van der Waals surface area (Å²) in [6, 6.07) is 14.9. The number of para-hydroxylation sites is 1. The van der Waals surface area contributed by atoms with Gasteiger partial charge in [0, 0.05) is 9.26 Å². The first kappa shape index (κ1) is 18.7. The molecule has 0 bridgehead atoms. The van der Waals surface area contributed by atoms with Crippen molar-refractivity contribution in [3.63, 3.8) is 0 Å². The quantitative estimate of drug-likeness (QED) is 0.527. The number of nitrogens with zero attached hydrogens (tertiary/aromatic N) is 1. The standard InChI is InChI=1S/C19H15IN2O3S/c1-12-4-2-3-5-15(12)21-17(23)11-22-18(24)16(26-19(22)25)10-13-6-8-14(20)9-7-13/h2-10H,11H2,1H3,(H,21,23)/b16-10+. The number of nitrogens with one attached hydrogen (secondary N) is 1. The summed E-state index contributed by atoms with van der Waals surface area (Å²) >= 11 is 3.05. The van der Waals surface area contributed by atoms with Crippen LogP contribution in [0.1, 0.15) is 11.1 Å². The van der Waals surface area contributed by atoms with E-state index in [-0.39, 0.29) is 6.54 Å². The molecule has 3 amide bonds. The van der Waals surface area contributed by atoms with Crippen LogP contribution in [0.25, 0.3) is 6.08 Å². The van der Waals surface area contributed by atoms with Crippen molar-refractivity contribution in [1.29, 1.82) is 0 Å². The molecule has 7 heteroatoms. The minimum atomic E-state index is -0.446. The monoisotopic (exact) mass is 478 g/mol. The molecule has 26 heavy (non-hydrogen) atoms. The zero-order valence-corrected chi connectivity index (χ0v) is 16.8. The highest BCUT2D eigenvalue weighted by Gasteiger charge is 2.36. The van der Waals surface area contributed by atoms with Gasteiger partial charge in [0.15, 0.2) is 0 Å². The summed E-state index contributed by atoms with van der Waals surface area (Å²) in [6.45, 7) is 1.57. The summed E-state index contributed by atoms with van der Waals surface area (Å²) in [6.07, 6.45) is 1.67. The van der Waals surface area contributed by atoms with E-state index in [1.807, 2.05) is 49.4 Å². The number of anilines is 1. The van der Waals surface area contributed by atoms with Gasteiger partial charge in [-0.05, 0) is 76.7 Å². The number of aryl methyl sites for hydroxylation is 1. The highest BCUT2D eigenvalue weighted by atomic mass is 127. The molecule has 1 heterocycles. The summed E-state index contributed by atoms with van der Waals surface area (Å²) in [5.41, 5.74) is 2.41. The van der Waals surface area contributed by atoms with Gasteiger partial charge in [0.05, 0.1) is 4.91 Å². The summed E-state index contributed by atoms with van der Waals surface area (Å²) in [5, 5.41) is 2.30. The van der Waals surface area contributed by atoms with Gasteiger partial charge in [0.2, 0.25) is 5.91 Å². The van der Waals surface area contributed by atoms with E-state index in [0.29, 0.717) is 10.6 Å². The van der Waals surface area contributed by atoms with E-state index >= 15 is 0 Å². The van der Waals surface area contributed by atoms with Crippen LogP contribution in [0.3, 0.4) is 0 Å². The smallest absolute Gasteiger partial charge is 0.294 e. The van der Waals surface area contributed by atoms with E-state index in [2.05, 4.69) is 27.9 Å². The Morgan fingerprint density at radius 3 is 2.54 bits per heavy atom. The Morgan fingerprint density at radius 1 is 1.15 bits per heavy atom. The normalized spacial score (nSPS) is 15.6. The van der Waals surface area contributed by atoms with Crippen LogP contribution < -0.4 is 5.32 Å². The molecule has 132 valence electrons. The second-order valence-electron chi connectivity index (χ2n) is 5.68. The second kappa shape index (κ2) is 8.05. The molecule has 1 aliphatic heterocycles. The van der Waals surface area contributed by atoms with Gasteiger partial charge in [0.25, 0.3) is 11.1 Å². The molecular formula is C19H15IN2O3S. The number of hydrogen-bond acceptors (Lipinski definition) is 4. The zero-order valence-electron chi connectivity index (χ0n) is 13.9. The molecule has 2 aromatic carbocycles. The van der Waals surface area contributed by atoms with Crippen molar-refractivity contribution in [3.8, 4) is 0 Å². The SMILES string of the molecule is Cc1ccccc1NC(=O)CN1C(=O)S/C(=C/c2ccc(I)cc2)C1=O. The molecule has 2 aromatic rings. The van der Waals surface area contributed by atoms with Gasteiger partial charge in [-0.3, -0.25) is 19.3 Å². The van der Waals surface area contributed by atoms with Crippen LogP contribution in [0.2, 0.25) is 0 Å². The maximum atomic E-state index is 12.5. The van der Waals surface area contributed by atoms with Gasteiger partial charge in [-0.1, -0.05) is 30.3 Å². The molecule has 3 rings (SSSR count). The van der Waals surface area contributed by atoms with Gasteiger partial charge < -0.3 is 5.32 Å². The lowest BCUT2D eigenvalue weighted by atomic mass is 10.2. The number of halogens is 1. The molecule has 0 unspecified atom stereocenters. The topological polar surface area (TPSA) is 66.5 Å². The van der Waals surface area contributed by atoms with Crippen molar-refractivity contribution >= 4 is 63.2 Å². The summed E-state index contributed by atoms with van der Waals surface area (Å²) in [7, 11) is 0. The van der Waals surface area contributed by atoms with E-state index < -0.39 is 17.1 Å². The summed E-state index contributed by atoms with van der Waals surface area (Å²) < 4.78 is 1.08. The van der Waals surface area contributed by atoms with Crippen molar-refractivity contribution < 1.29 is 14.4 Å². The van der Waals surface area contributed by atoms with Crippen molar-refractivity contribution in [2.75, 3.05) is 11.9 Å². The number of amides is 3. The third-order valence-corrected chi connectivity index (χ3v) is 5.39. The average molecular weight is 478 g/mol. The number of thioether (sulfide) groups is 1. The number of imide groups is 1. The Bertz CT molecular complexity index is 909. The highest BCUT2D eigenvalue weighted by Crippen LogP contribution is 2.32. The van der Waals surface area contributed by atoms with Gasteiger partial charge in [-0.15, -0.1) is 0 Å². The molecule has 1 saturated heterocycles. The lowest BCUT2D eigenvalue weighted by Gasteiger charge is -2.13. The fourth-order valence-electron chi connectivity index (χ4n) is 2.39. The van der Waals surface area contributed by atoms with E-state index in [1.165, 1.54) is 0 Å². The fourth-order valence-corrected chi connectivity index (χ4v) is 3.59. The van der Waals surface area contributed by atoms with Crippen LogP contribution in [0.15, 0.2) is 53.4 Å². The maximum absolute atomic E-state index is 12.5. The Hall–Kier alpha value is -2.13. The van der Waals surface area contributed by atoms with Crippen LogP contribution in [-0.2, 0) is 9.59 Å². The van der Waals surface area contributed by atoms with Crippen LogP contribution in [0, 0.1) is 10.5 Å². The molecule has 5 nitrogen and oxygen atoms in total. The average Bonchev–Trinajstić information content (AvgIpc) is 2.86. The highest BCUT2D eigenvalue weighted by molar-refractivity contribution is 14.1. The molecule has 0 spiro atoms. The predicted octanol–water partition coefficient (Wildman–Crippen LogP) is 4.27. The van der Waals surface area contributed by atoms with Crippen molar-refractivity contribution in [1.82, 2.24) is 4.90 Å². The summed E-state index contributed by atoms with van der Waals surface area (Å²) in [5.74, 6) is -0.851. The lowest BCUT2D eigenvalue weighted by molar-refractivity contribution is -0.127. The van der Waals surface area contributed by atoms with Gasteiger partial charge in [0.1, 0.15) is 6.54 Å². The predicted molar refractivity (Wildman–Crippen MR) is 112 cm³/mol.